The summed E-state index contributed by atoms with van der Waals surface area (Å²) in [4.78, 5) is 36.3. The predicted octanol–water partition coefficient (Wildman–Crippen LogP) is 4.79. The number of hydrogen-bond acceptors (Lipinski definition) is 6. The van der Waals surface area contributed by atoms with Crippen molar-refractivity contribution in [3.8, 4) is 0 Å². The zero-order chi connectivity index (χ0) is 22.2. The Labute approximate surface area is 191 Å². The molecule has 0 atom stereocenters. The molecule has 0 saturated heterocycles. The number of carbonyl (C=O) groups excluding carboxylic acids is 1. The third-order valence-electron chi connectivity index (χ3n) is 5.20. The molecule has 5 aromatic rings. The van der Waals surface area contributed by atoms with Crippen LogP contribution < -0.4 is 10.7 Å². The van der Waals surface area contributed by atoms with E-state index in [1.54, 1.807) is 41.6 Å². The number of benzene rings is 2. The van der Waals surface area contributed by atoms with Crippen molar-refractivity contribution in [2.45, 2.75) is 20.0 Å². The monoisotopic (exact) mass is 464 g/mol. The first kappa shape index (κ1) is 20.4. The van der Waals surface area contributed by atoms with Crippen molar-refractivity contribution >= 4 is 55.3 Å². The number of halogens is 1. The van der Waals surface area contributed by atoms with Gasteiger partial charge in [0.05, 0.1) is 22.3 Å². The molecule has 0 saturated carbocycles. The van der Waals surface area contributed by atoms with E-state index in [1.165, 1.54) is 15.9 Å². The summed E-state index contributed by atoms with van der Waals surface area (Å²) in [5.74, 6) is -0.863. The van der Waals surface area contributed by atoms with Crippen LogP contribution in [0.4, 0.5) is 5.13 Å². The number of para-hydroxylation sites is 2. The van der Waals surface area contributed by atoms with Gasteiger partial charge in [-0.25, -0.2) is 9.78 Å². The maximum Gasteiger partial charge on any atom is 0.420 e. The van der Waals surface area contributed by atoms with E-state index in [9.17, 15) is 9.59 Å². The number of anilines is 1. The minimum atomic E-state index is -0.576. The molecule has 7 nitrogen and oxygen atoms in total. The van der Waals surface area contributed by atoms with Crippen LogP contribution in [0, 0.1) is 6.92 Å². The number of rotatable bonds is 5. The van der Waals surface area contributed by atoms with Crippen LogP contribution in [0.15, 0.2) is 70.1 Å². The maximum absolute atomic E-state index is 13.5. The second-order valence-electron chi connectivity index (χ2n) is 7.28. The number of hydrogen-bond donors (Lipinski definition) is 0. The quantitative estimate of drug-likeness (QED) is 0.373. The minimum Gasteiger partial charge on any atom is -0.408 e. The first-order chi connectivity index (χ1) is 15.5. The summed E-state index contributed by atoms with van der Waals surface area (Å²) in [5, 5.41) is 1.15. The number of pyridine rings is 1. The van der Waals surface area contributed by atoms with Crippen molar-refractivity contribution < 1.29 is 9.21 Å². The molecule has 0 N–H and O–H groups in total. The van der Waals surface area contributed by atoms with Crippen LogP contribution in [-0.2, 0) is 17.9 Å². The lowest BCUT2D eigenvalue weighted by Crippen LogP contribution is -2.35. The van der Waals surface area contributed by atoms with Gasteiger partial charge in [-0.15, -0.1) is 0 Å². The van der Waals surface area contributed by atoms with Gasteiger partial charge in [-0.3, -0.25) is 19.2 Å². The van der Waals surface area contributed by atoms with Crippen molar-refractivity contribution in [1.29, 1.82) is 0 Å². The number of aromatic nitrogens is 3. The molecule has 2 aromatic carbocycles. The minimum absolute atomic E-state index is 0.175. The first-order valence-electron chi connectivity index (χ1n) is 9.84. The van der Waals surface area contributed by atoms with Crippen LogP contribution >= 0.6 is 22.9 Å². The Kier molecular flexibility index (Phi) is 5.24. The van der Waals surface area contributed by atoms with Crippen LogP contribution in [0.25, 0.3) is 21.3 Å². The Balaban J connectivity index is 1.56. The average molecular weight is 465 g/mol. The van der Waals surface area contributed by atoms with E-state index in [1.807, 2.05) is 31.2 Å². The summed E-state index contributed by atoms with van der Waals surface area (Å²) < 4.78 is 7.54. The highest BCUT2D eigenvalue weighted by atomic mass is 35.5. The molecule has 0 aliphatic carbocycles. The van der Waals surface area contributed by atoms with E-state index in [4.69, 9.17) is 21.0 Å². The first-order valence-corrected chi connectivity index (χ1v) is 11.0. The fourth-order valence-corrected chi connectivity index (χ4v) is 4.72. The summed E-state index contributed by atoms with van der Waals surface area (Å²) in [5.41, 5.74) is 3.47. The lowest BCUT2D eigenvalue weighted by atomic mass is 10.2. The smallest absolute Gasteiger partial charge is 0.408 e. The number of aryl methyl sites for hydroxylation is 1. The SMILES string of the molecule is Cc1c(Cl)ccc2sc(N(Cc3cccnc3)C(=O)Cn3c(=O)oc4ccccc43)nc12. The van der Waals surface area contributed by atoms with Crippen molar-refractivity contribution in [3.63, 3.8) is 0 Å². The van der Waals surface area contributed by atoms with E-state index in [2.05, 4.69) is 4.98 Å². The highest BCUT2D eigenvalue weighted by molar-refractivity contribution is 7.22. The van der Waals surface area contributed by atoms with Crippen LogP contribution in [0.2, 0.25) is 5.02 Å². The molecule has 5 rings (SSSR count). The number of oxazole rings is 1. The van der Waals surface area contributed by atoms with E-state index in [-0.39, 0.29) is 19.0 Å². The van der Waals surface area contributed by atoms with E-state index < -0.39 is 5.76 Å². The Morgan fingerprint density at radius 3 is 2.84 bits per heavy atom. The van der Waals surface area contributed by atoms with Gasteiger partial charge in [0.1, 0.15) is 6.54 Å². The van der Waals surface area contributed by atoms with Crippen molar-refractivity contribution in [3.05, 3.63) is 87.6 Å². The average Bonchev–Trinajstić information content (AvgIpc) is 3.37. The molecule has 32 heavy (non-hydrogen) atoms. The zero-order valence-electron chi connectivity index (χ0n) is 17.0. The molecule has 0 bridgehead atoms. The third-order valence-corrected chi connectivity index (χ3v) is 6.65. The molecule has 160 valence electrons. The van der Waals surface area contributed by atoms with E-state index in [0.717, 1.165) is 21.3 Å². The standard InChI is InChI=1S/C23H17ClN4O3S/c1-14-16(24)8-9-19-21(14)26-22(32-19)28(12-15-5-4-10-25-11-15)20(29)13-27-17-6-2-3-7-18(17)31-23(27)30/h2-11H,12-13H2,1H3. The lowest BCUT2D eigenvalue weighted by molar-refractivity contribution is -0.119. The fourth-order valence-electron chi connectivity index (χ4n) is 3.53. The molecule has 9 heteroatoms. The number of amides is 1. The summed E-state index contributed by atoms with van der Waals surface area (Å²) in [6.45, 7) is 1.99. The second-order valence-corrected chi connectivity index (χ2v) is 8.69. The normalized spacial score (nSPS) is 11.3. The molecule has 3 heterocycles. The molecule has 3 aromatic heterocycles. The van der Waals surface area contributed by atoms with Crippen LogP contribution in [-0.4, -0.2) is 20.4 Å². The predicted molar refractivity (Wildman–Crippen MR) is 125 cm³/mol. The van der Waals surface area contributed by atoms with Gasteiger partial charge in [0, 0.05) is 17.4 Å². The summed E-state index contributed by atoms with van der Waals surface area (Å²) in [6, 6.07) is 14.5. The summed E-state index contributed by atoms with van der Waals surface area (Å²) in [7, 11) is 0. The van der Waals surface area contributed by atoms with Gasteiger partial charge in [-0.2, -0.15) is 0 Å². The summed E-state index contributed by atoms with van der Waals surface area (Å²) >= 11 is 7.66. The van der Waals surface area contributed by atoms with Crippen molar-refractivity contribution in [2.75, 3.05) is 4.90 Å². The van der Waals surface area contributed by atoms with Crippen LogP contribution in [0.5, 0.6) is 0 Å². The lowest BCUT2D eigenvalue weighted by Gasteiger charge is -2.20. The van der Waals surface area contributed by atoms with Gasteiger partial charge >= 0.3 is 5.76 Å². The Morgan fingerprint density at radius 1 is 1.19 bits per heavy atom. The third kappa shape index (κ3) is 3.68. The topological polar surface area (TPSA) is 81.2 Å². The van der Waals surface area contributed by atoms with Gasteiger partial charge in [0.15, 0.2) is 10.7 Å². The molecule has 0 aliphatic rings. The molecule has 0 aliphatic heterocycles. The number of carbonyl (C=O) groups is 1. The Hall–Kier alpha value is -3.49. The van der Waals surface area contributed by atoms with Crippen molar-refractivity contribution in [1.82, 2.24) is 14.5 Å². The van der Waals surface area contributed by atoms with Gasteiger partial charge in [0.2, 0.25) is 5.91 Å². The summed E-state index contributed by atoms with van der Waals surface area (Å²) in [6.07, 6.45) is 3.38. The molecular formula is C23H17ClN4O3S. The van der Waals surface area contributed by atoms with Crippen LogP contribution in [0.1, 0.15) is 11.1 Å². The fraction of sp³-hybridized carbons (Fsp3) is 0.130. The second kappa shape index (κ2) is 8.22. The number of nitrogens with zero attached hydrogens (tertiary/aromatic N) is 4. The van der Waals surface area contributed by atoms with E-state index in [0.29, 0.717) is 21.3 Å². The van der Waals surface area contributed by atoms with Gasteiger partial charge in [0.25, 0.3) is 0 Å². The maximum atomic E-state index is 13.5. The Bertz CT molecular complexity index is 1510. The van der Waals surface area contributed by atoms with E-state index >= 15 is 0 Å². The Morgan fingerprint density at radius 2 is 2.03 bits per heavy atom. The largest absolute Gasteiger partial charge is 0.420 e. The van der Waals surface area contributed by atoms with Crippen molar-refractivity contribution in [2.24, 2.45) is 0 Å². The van der Waals surface area contributed by atoms with Crippen LogP contribution in [0.3, 0.4) is 0 Å². The van der Waals surface area contributed by atoms with Gasteiger partial charge < -0.3 is 4.42 Å². The van der Waals surface area contributed by atoms with Gasteiger partial charge in [-0.05, 0) is 48.4 Å². The molecular weight excluding hydrogens is 448 g/mol. The zero-order valence-corrected chi connectivity index (χ0v) is 18.6. The van der Waals surface area contributed by atoms with Gasteiger partial charge in [-0.1, -0.05) is 41.1 Å². The molecule has 0 unspecified atom stereocenters. The number of thiazole rings is 1. The number of fused-ring (bicyclic) bond motifs is 2. The highest BCUT2D eigenvalue weighted by Crippen LogP contribution is 2.34. The molecule has 0 spiro atoms. The molecule has 0 radical (unpaired) electrons. The molecule has 1 amide bonds. The molecule has 0 fully saturated rings. The highest BCUT2D eigenvalue weighted by Gasteiger charge is 2.23.